The van der Waals surface area contributed by atoms with Gasteiger partial charge in [-0.3, -0.25) is 4.90 Å². The van der Waals surface area contributed by atoms with Crippen LogP contribution in [0.3, 0.4) is 0 Å². The minimum Gasteiger partial charge on any atom is -0.299 e. The first-order chi connectivity index (χ1) is 8.06. The van der Waals surface area contributed by atoms with Gasteiger partial charge in [0.25, 0.3) is 0 Å². The maximum absolute atomic E-state index is 13.0. The Morgan fingerprint density at radius 1 is 1.47 bits per heavy atom. The first-order valence-corrected chi connectivity index (χ1v) is 6.68. The van der Waals surface area contributed by atoms with E-state index in [1.165, 1.54) is 6.07 Å². The van der Waals surface area contributed by atoms with E-state index in [1.54, 1.807) is 12.1 Å². The standard InChI is InChI=1S/C13H16Cl2FN/c1-9-7-17(5-4-11(9)14)8-10-2-3-13(16)12(15)6-10/h2-3,6,9,11H,4-5,7-8H2,1H3. The van der Waals surface area contributed by atoms with Crippen molar-refractivity contribution in [3.05, 3.63) is 34.6 Å². The lowest BCUT2D eigenvalue weighted by Crippen LogP contribution is -2.39. The molecule has 1 aliphatic heterocycles. The van der Waals surface area contributed by atoms with Crippen molar-refractivity contribution < 1.29 is 4.39 Å². The lowest BCUT2D eigenvalue weighted by molar-refractivity contribution is 0.180. The largest absolute Gasteiger partial charge is 0.299 e. The van der Waals surface area contributed by atoms with E-state index in [0.29, 0.717) is 5.92 Å². The molecule has 0 amide bonds. The van der Waals surface area contributed by atoms with E-state index >= 15 is 0 Å². The molecule has 1 aliphatic rings. The number of hydrogen-bond donors (Lipinski definition) is 0. The molecule has 0 aliphatic carbocycles. The second kappa shape index (κ2) is 5.55. The smallest absolute Gasteiger partial charge is 0.141 e. The van der Waals surface area contributed by atoms with E-state index in [0.717, 1.165) is 31.6 Å². The molecule has 94 valence electrons. The van der Waals surface area contributed by atoms with Crippen molar-refractivity contribution in [1.29, 1.82) is 0 Å². The lowest BCUT2D eigenvalue weighted by Gasteiger charge is -2.34. The predicted octanol–water partition coefficient (Wildman–Crippen LogP) is 3.93. The molecule has 1 nitrogen and oxygen atoms in total. The summed E-state index contributed by atoms with van der Waals surface area (Å²) in [4.78, 5) is 2.34. The Bertz CT molecular complexity index is 397. The van der Waals surface area contributed by atoms with Gasteiger partial charge in [0.15, 0.2) is 0 Å². The normalized spacial score (nSPS) is 26.1. The maximum Gasteiger partial charge on any atom is 0.141 e. The van der Waals surface area contributed by atoms with E-state index in [-0.39, 0.29) is 16.2 Å². The van der Waals surface area contributed by atoms with Gasteiger partial charge in [0.1, 0.15) is 5.82 Å². The fourth-order valence-electron chi connectivity index (χ4n) is 2.24. The van der Waals surface area contributed by atoms with Crippen LogP contribution in [-0.2, 0) is 6.54 Å². The molecule has 17 heavy (non-hydrogen) atoms. The van der Waals surface area contributed by atoms with Gasteiger partial charge in [-0.05, 0) is 36.6 Å². The maximum atomic E-state index is 13.0. The average Bonchev–Trinajstić information content (AvgIpc) is 2.29. The Kier molecular flexibility index (Phi) is 4.29. The highest BCUT2D eigenvalue weighted by Crippen LogP contribution is 2.24. The highest BCUT2D eigenvalue weighted by Gasteiger charge is 2.24. The molecule has 1 aromatic carbocycles. The summed E-state index contributed by atoms with van der Waals surface area (Å²) in [5, 5.41) is 0.478. The molecule has 2 rings (SSSR count). The number of alkyl halides is 1. The van der Waals surface area contributed by atoms with E-state index < -0.39 is 0 Å². The Morgan fingerprint density at radius 3 is 2.88 bits per heavy atom. The van der Waals surface area contributed by atoms with Crippen molar-refractivity contribution in [3.63, 3.8) is 0 Å². The van der Waals surface area contributed by atoms with Crippen LogP contribution in [0.1, 0.15) is 18.9 Å². The van der Waals surface area contributed by atoms with Crippen LogP contribution in [0.2, 0.25) is 5.02 Å². The van der Waals surface area contributed by atoms with Crippen molar-refractivity contribution in [3.8, 4) is 0 Å². The van der Waals surface area contributed by atoms with Gasteiger partial charge < -0.3 is 0 Å². The SMILES string of the molecule is CC1CN(Cc2ccc(F)c(Cl)c2)CCC1Cl. The van der Waals surface area contributed by atoms with Gasteiger partial charge in [-0.15, -0.1) is 11.6 Å². The molecule has 2 unspecified atom stereocenters. The highest BCUT2D eigenvalue weighted by molar-refractivity contribution is 6.30. The Balaban J connectivity index is 1.99. The highest BCUT2D eigenvalue weighted by atomic mass is 35.5. The topological polar surface area (TPSA) is 3.24 Å². The third-order valence-electron chi connectivity index (χ3n) is 3.27. The van der Waals surface area contributed by atoms with E-state index in [9.17, 15) is 4.39 Å². The minimum atomic E-state index is -0.358. The number of likely N-dealkylation sites (tertiary alicyclic amines) is 1. The first kappa shape index (κ1) is 13.1. The lowest BCUT2D eigenvalue weighted by atomic mass is 9.99. The van der Waals surface area contributed by atoms with Crippen LogP contribution in [0, 0.1) is 11.7 Å². The molecule has 1 saturated heterocycles. The molecule has 0 bridgehead atoms. The van der Waals surface area contributed by atoms with Crippen LogP contribution < -0.4 is 0 Å². The molecule has 0 aromatic heterocycles. The second-order valence-corrected chi connectivity index (χ2v) is 5.73. The van der Waals surface area contributed by atoms with E-state index in [1.807, 2.05) is 0 Å². The molecule has 0 radical (unpaired) electrons. The second-order valence-electron chi connectivity index (χ2n) is 4.77. The fourth-order valence-corrected chi connectivity index (χ4v) is 2.62. The van der Waals surface area contributed by atoms with Crippen LogP contribution in [-0.4, -0.2) is 23.4 Å². The third kappa shape index (κ3) is 3.34. The molecule has 0 N–H and O–H groups in total. The molecule has 4 heteroatoms. The molecule has 1 heterocycles. The van der Waals surface area contributed by atoms with Crippen molar-refractivity contribution in [2.24, 2.45) is 5.92 Å². The zero-order valence-corrected chi connectivity index (χ0v) is 11.3. The zero-order valence-electron chi connectivity index (χ0n) is 9.80. The number of halogens is 3. The minimum absolute atomic E-state index is 0.197. The van der Waals surface area contributed by atoms with Gasteiger partial charge in [0, 0.05) is 18.5 Å². The summed E-state index contributed by atoms with van der Waals surface area (Å²) in [5.74, 6) is 0.143. The summed E-state index contributed by atoms with van der Waals surface area (Å²) in [6.07, 6.45) is 1.01. The van der Waals surface area contributed by atoms with Gasteiger partial charge in [-0.2, -0.15) is 0 Å². The molecule has 0 spiro atoms. The van der Waals surface area contributed by atoms with Crippen LogP contribution in [0.25, 0.3) is 0 Å². The molecule has 1 fully saturated rings. The van der Waals surface area contributed by atoms with Crippen molar-refractivity contribution in [2.75, 3.05) is 13.1 Å². The van der Waals surface area contributed by atoms with Crippen LogP contribution >= 0.6 is 23.2 Å². The number of hydrogen-bond acceptors (Lipinski definition) is 1. The number of rotatable bonds is 2. The van der Waals surface area contributed by atoms with E-state index in [2.05, 4.69) is 11.8 Å². The van der Waals surface area contributed by atoms with Crippen LogP contribution in [0.15, 0.2) is 18.2 Å². The fraction of sp³-hybridized carbons (Fsp3) is 0.538. The molecule has 0 saturated carbocycles. The van der Waals surface area contributed by atoms with Crippen LogP contribution in [0.4, 0.5) is 4.39 Å². The Hall–Kier alpha value is -0.310. The number of nitrogens with zero attached hydrogens (tertiary/aromatic N) is 1. The third-order valence-corrected chi connectivity index (χ3v) is 4.21. The van der Waals surface area contributed by atoms with Gasteiger partial charge in [0.05, 0.1) is 5.02 Å². The number of piperidine rings is 1. The van der Waals surface area contributed by atoms with Crippen molar-refractivity contribution in [1.82, 2.24) is 4.90 Å². The summed E-state index contributed by atoms with van der Waals surface area (Å²) < 4.78 is 13.0. The van der Waals surface area contributed by atoms with Crippen molar-refractivity contribution in [2.45, 2.75) is 25.3 Å². The van der Waals surface area contributed by atoms with Gasteiger partial charge in [-0.1, -0.05) is 24.6 Å². The van der Waals surface area contributed by atoms with Crippen molar-refractivity contribution >= 4 is 23.2 Å². The Labute approximate surface area is 112 Å². The summed E-state index contributed by atoms with van der Waals surface area (Å²) >= 11 is 12.0. The summed E-state index contributed by atoms with van der Waals surface area (Å²) in [6.45, 7) is 4.96. The van der Waals surface area contributed by atoms with Gasteiger partial charge >= 0.3 is 0 Å². The van der Waals surface area contributed by atoms with Gasteiger partial charge in [-0.25, -0.2) is 4.39 Å². The molecular formula is C13H16Cl2FN. The summed E-state index contributed by atoms with van der Waals surface area (Å²) in [5.41, 5.74) is 1.05. The predicted molar refractivity (Wildman–Crippen MR) is 70.1 cm³/mol. The zero-order chi connectivity index (χ0) is 12.4. The quantitative estimate of drug-likeness (QED) is 0.740. The van der Waals surface area contributed by atoms with E-state index in [4.69, 9.17) is 23.2 Å². The number of benzene rings is 1. The summed E-state index contributed by atoms with van der Waals surface area (Å²) in [7, 11) is 0. The summed E-state index contributed by atoms with van der Waals surface area (Å²) in [6, 6.07) is 4.92. The van der Waals surface area contributed by atoms with Crippen LogP contribution in [0.5, 0.6) is 0 Å². The molecule has 1 aromatic rings. The molecular weight excluding hydrogens is 260 g/mol. The molecule has 2 atom stereocenters. The first-order valence-electron chi connectivity index (χ1n) is 5.86. The Morgan fingerprint density at radius 2 is 2.24 bits per heavy atom. The monoisotopic (exact) mass is 275 g/mol. The average molecular weight is 276 g/mol. The van der Waals surface area contributed by atoms with Gasteiger partial charge in [0.2, 0.25) is 0 Å².